The molecule has 2 N–H and O–H groups in total. The Bertz CT molecular complexity index is 692. The maximum absolute atomic E-state index is 12.4. The fourth-order valence-electron chi connectivity index (χ4n) is 3.24. The fraction of sp³-hybridized carbons (Fsp3) is 0.438. The van der Waals surface area contributed by atoms with Crippen LogP contribution in [0, 0.1) is 0 Å². The quantitative estimate of drug-likeness (QED) is 0.886. The number of amides is 2. The lowest BCUT2D eigenvalue weighted by molar-refractivity contribution is 0.195. The number of carbonyl (C=O) groups excluding carboxylic acids is 1. The molecule has 1 aromatic carbocycles. The van der Waals surface area contributed by atoms with Crippen LogP contribution in [0.4, 0.5) is 10.5 Å². The first-order chi connectivity index (χ1) is 11.3. The molecule has 1 fully saturated rings. The first-order valence-electron chi connectivity index (χ1n) is 8.07. The third-order valence-electron chi connectivity index (χ3n) is 4.47. The minimum absolute atomic E-state index is 0.0917. The van der Waals surface area contributed by atoms with Gasteiger partial charge in [-0.05, 0) is 31.5 Å². The van der Waals surface area contributed by atoms with Crippen LogP contribution in [0.15, 0.2) is 30.3 Å². The van der Waals surface area contributed by atoms with Gasteiger partial charge in [0.2, 0.25) is 0 Å². The molecule has 23 heavy (non-hydrogen) atoms. The van der Waals surface area contributed by atoms with E-state index in [1.165, 1.54) is 6.42 Å². The van der Waals surface area contributed by atoms with Gasteiger partial charge in [0.1, 0.15) is 5.82 Å². The standard InChI is InChI=1S/C16H20N6O/c23-16(18-12-5-2-1-3-6-12)21-9-10-22-14(11-21)19-20-15(22)13-7-4-8-17-13/h1-3,5-6,13,17H,4,7-11H2,(H,18,23). The second-order valence-corrected chi connectivity index (χ2v) is 5.99. The number of rotatable bonds is 2. The summed E-state index contributed by atoms with van der Waals surface area (Å²) in [4.78, 5) is 14.2. The van der Waals surface area contributed by atoms with Gasteiger partial charge in [0, 0.05) is 18.8 Å². The largest absolute Gasteiger partial charge is 0.322 e. The molecule has 1 atom stereocenters. The lowest BCUT2D eigenvalue weighted by Gasteiger charge is -2.28. The van der Waals surface area contributed by atoms with Crippen LogP contribution in [0.2, 0.25) is 0 Å². The van der Waals surface area contributed by atoms with Crippen molar-refractivity contribution in [3.63, 3.8) is 0 Å². The van der Waals surface area contributed by atoms with Gasteiger partial charge in [-0.3, -0.25) is 0 Å². The van der Waals surface area contributed by atoms with E-state index >= 15 is 0 Å². The minimum atomic E-state index is -0.0917. The first kappa shape index (κ1) is 14.2. The van der Waals surface area contributed by atoms with Crippen molar-refractivity contribution in [1.82, 2.24) is 25.0 Å². The van der Waals surface area contributed by atoms with Crippen LogP contribution in [-0.4, -0.2) is 38.8 Å². The summed E-state index contributed by atoms with van der Waals surface area (Å²) in [6.07, 6.45) is 2.29. The van der Waals surface area contributed by atoms with E-state index in [4.69, 9.17) is 0 Å². The zero-order valence-corrected chi connectivity index (χ0v) is 12.9. The van der Waals surface area contributed by atoms with Crippen molar-refractivity contribution in [1.29, 1.82) is 0 Å². The summed E-state index contributed by atoms with van der Waals surface area (Å²) >= 11 is 0. The molecule has 1 aromatic heterocycles. The molecule has 2 aliphatic heterocycles. The van der Waals surface area contributed by atoms with E-state index in [1.54, 1.807) is 4.90 Å². The SMILES string of the molecule is O=C(Nc1ccccc1)N1CCn2c(nnc2C2CCCN2)C1. The van der Waals surface area contributed by atoms with Crippen molar-refractivity contribution in [2.75, 3.05) is 18.4 Å². The van der Waals surface area contributed by atoms with E-state index in [0.717, 1.165) is 36.8 Å². The Morgan fingerprint density at radius 2 is 2.09 bits per heavy atom. The van der Waals surface area contributed by atoms with E-state index in [0.29, 0.717) is 19.1 Å². The number of para-hydroxylation sites is 1. The zero-order valence-electron chi connectivity index (χ0n) is 12.9. The molecule has 0 radical (unpaired) electrons. The van der Waals surface area contributed by atoms with Crippen molar-refractivity contribution in [3.05, 3.63) is 42.0 Å². The molecule has 0 spiro atoms. The molecule has 3 heterocycles. The zero-order chi connectivity index (χ0) is 15.6. The maximum atomic E-state index is 12.4. The average Bonchev–Trinajstić information content (AvgIpc) is 3.24. The summed E-state index contributed by atoms with van der Waals surface area (Å²) in [7, 11) is 0. The average molecular weight is 312 g/mol. The Balaban J connectivity index is 1.45. The fourth-order valence-corrected chi connectivity index (χ4v) is 3.24. The number of urea groups is 1. The summed E-state index contributed by atoms with van der Waals surface area (Å²) in [5, 5.41) is 15.0. The number of fused-ring (bicyclic) bond motifs is 1. The Morgan fingerprint density at radius 3 is 2.87 bits per heavy atom. The Morgan fingerprint density at radius 1 is 1.22 bits per heavy atom. The highest BCUT2D eigenvalue weighted by molar-refractivity contribution is 5.89. The van der Waals surface area contributed by atoms with Gasteiger partial charge in [-0.1, -0.05) is 18.2 Å². The molecule has 1 unspecified atom stereocenters. The van der Waals surface area contributed by atoms with Gasteiger partial charge in [-0.2, -0.15) is 0 Å². The first-order valence-corrected chi connectivity index (χ1v) is 8.07. The number of anilines is 1. The number of hydrogen-bond donors (Lipinski definition) is 2. The molecule has 2 aliphatic rings. The smallest absolute Gasteiger partial charge is 0.315 e. The van der Waals surface area contributed by atoms with E-state index in [1.807, 2.05) is 30.3 Å². The van der Waals surface area contributed by atoms with Crippen molar-refractivity contribution in [3.8, 4) is 0 Å². The molecule has 120 valence electrons. The van der Waals surface area contributed by atoms with E-state index in [-0.39, 0.29) is 6.03 Å². The minimum Gasteiger partial charge on any atom is -0.315 e. The number of nitrogens with one attached hydrogen (secondary N) is 2. The Hall–Kier alpha value is -2.41. The number of aromatic nitrogens is 3. The van der Waals surface area contributed by atoms with Crippen molar-refractivity contribution in [2.24, 2.45) is 0 Å². The van der Waals surface area contributed by atoms with Gasteiger partial charge in [0.25, 0.3) is 0 Å². The maximum Gasteiger partial charge on any atom is 0.322 e. The van der Waals surface area contributed by atoms with Crippen molar-refractivity contribution < 1.29 is 4.79 Å². The lowest BCUT2D eigenvalue weighted by Crippen LogP contribution is -2.41. The molecule has 4 rings (SSSR count). The topological polar surface area (TPSA) is 75.1 Å². The van der Waals surface area contributed by atoms with Gasteiger partial charge in [0.05, 0.1) is 12.6 Å². The third-order valence-corrected chi connectivity index (χ3v) is 4.47. The van der Waals surface area contributed by atoms with Crippen LogP contribution in [-0.2, 0) is 13.1 Å². The van der Waals surface area contributed by atoms with Gasteiger partial charge in [-0.15, -0.1) is 10.2 Å². The summed E-state index contributed by atoms with van der Waals surface area (Å²) in [5.74, 6) is 1.88. The van der Waals surface area contributed by atoms with Crippen LogP contribution in [0.3, 0.4) is 0 Å². The van der Waals surface area contributed by atoms with Gasteiger partial charge in [-0.25, -0.2) is 4.79 Å². The Kier molecular flexibility index (Phi) is 3.70. The number of hydrogen-bond acceptors (Lipinski definition) is 4. The molecule has 7 nitrogen and oxygen atoms in total. The summed E-state index contributed by atoms with van der Waals surface area (Å²) in [6, 6.07) is 9.72. The lowest BCUT2D eigenvalue weighted by atomic mass is 10.2. The number of benzene rings is 1. The molecule has 7 heteroatoms. The normalized spacial score (nSPS) is 20.3. The predicted octanol–water partition coefficient (Wildman–Crippen LogP) is 1.75. The van der Waals surface area contributed by atoms with E-state index < -0.39 is 0 Å². The molecular weight excluding hydrogens is 292 g/mol. The van der Waals surface area contributed by atoms with E-state index in [9.17, 15) is 4.79 Å². The van der Waals surface area contributed by atoms with Crippen LogP contribution in [0.5, 0.6) is 0 Å². The summed E-state index contributed by atoms with van der Waals surface area (Å²) in [6.45, 7) is 2.96. The highest BCUT2D eigenvalue weighted by atomic mass is 16.2. The summed E-state index contributed by atoms with van der Waals surface area (Å²) in [5.41, 5.74) is 0.806. The number of nitrogens with zero attached hydrogens (tertiary/aromatic N) is 4. The van der Waals surface area contributed by atoms with Crippen molar-refractivity contribution in [2.45, 2.75) is 32.0 Å². The molecule has 0 aliphatic carbocycles. The molecule has 0 saturated carbocycles. The molecule has 2 amide bonds. The van der Waals surface area contributed by atoms with Crippen LogP contribution < -0.4 is 10.6 Å². The summed E-state index contributed by atoms with van der Waals surface area (Å²) < 4.78 is 2.16. The van der Waals surface area contributed by atoms with Gasteiger partial charge >= 0.3 is 6.03 Å². The highest BCUT2D eigenvalue weighted by Gasteiger charge is 2.28. The van der Waals surface area contributed by atoms with E-state index in [2.05, 4.69) is 25.4 Å². The highest BCUT2D eigenvalue weighted by Crippen LogP contribution is 2.24. The Labute approximate surface area is 134 Å². The van der Waals surface area contributed by atoms with Crippen LogP contribution in [0.1, 0.15) is 30.5 Å². The molecule has 2 aromatic rings. The second-order valence-electron chi connectivity index (χ2n) is 5.99. The molecular formula is C16H20N6O. The van der Waals surface area contributed by atoms with Gasteiger partial charge in [0.15, 0.2) is 5.82 Å². The predicted molar refractivity (Wildman–Crippen MR) is 85.9 cm³/mol. The van der Waals surface area contributed by atoms with Crippen molar-refractivity contribution >= 4 is 11.7 Å². The second kappa shape index (κ2) is 6.00. The molecule has 0 bridgehead atoms. The third kappa shape index (κ3) is 2.79. The number of carbonyl (C=O) groups is 1. The van der Waals surface area contributed by atoms with Gasteiger partial charge < -0.3 is 20.1 Å². The van der Waals surface area contributed by atoms with Crippen LogP contribution >= 0.6 is 0 Å². The monoisotopic (exact) mass is 312 g/mol. The van der Waals surface area contributed by atoms with Crippen LogP contribution in [0.25, 0.3) is 0 Å². The molecule has 1 saturated heterocycles.